The lowest BCUT2D eigenvalue weighted by molar-refractivity contribution is 0.123. The van der Waals surface area contributed by atoms with Gasteiger partial charge in [0, 0.05) is 13.5 Å². The predicted octanol–water partition coefficient (Wildman–Crippen LogP) is 1.48. The first-order chi connectivity index (χ1) is 6.31. The van der Waals surface area contributed by atoms with Gasteiger partial charge in [-0.1, -0.05) is 0 Å². The summed E-state index contributed by atoms with van der Waals surface area (Å²) < 4.78 is 10.8. The van der Waals surface area contributed by atoms with Gasteiger partial charge in [0.25, 0.3) is 0 Å². The van der Waals surface area contributed by atoms with Crippen molar-refractivity contribution in [1.82, 2.24) is 4.90 Å². The van der Waals surface area contributed by atoms with Gasteiger partial charge in [-0.3, -0.25) is 0 Å². The Morgan fingerprint density at radius 1 is 1.54 bits per heavy atom. The fourth-order valence-corrected chi connectivity index (χ4v) is 1.76. The molecule has 0 saturated carbocycles. The highest BCUT2D eigenvalue weighted by Crippen LogP contribution is 2.29. The Balaban J connectivity index is 2.15. The number of nitrogens with zero attached hydrogens (tertiary/aromatic N) is 1. The highest BCUT2D eigenvalue weighted by Gasteiger charge is 2.22. The Morgan fingerprint density at radius 3 is 3.15 bits per heavy atom. The lowest BCUT2D eigenvalue weighted by atomic mass is 10.1. The summed E-state index contributed by atoms with van der Waals surface area (Å²) in [5, 5.41) is 0. The Morgan fingerprint density at radius 2 is 2.38 bits per heavy atom. The first-order valence-electron chi connectivity index (χ1n) is 4.60. The molecule has 0 aromatic heterocycles. The molecule has 1 aliphatic carbocycles. The van der Waals surface area contributed by atoms with Gasteiger partial charge in [0.1, 0.15) is 12.4 Å². The van der Waals surface area contributed by atoms with Crippen LogP contribution in [0.15, 0.2) is 23.3 Å². The molecule has 0 unspecified atom stereocenters. The van der Waals surface area contributed by atoms with Crippen LogP contribution in [0.2, 0.25) is 0 Å². The lowest BCUT2D eigenvalue weighted by Crippen LogP contribution is -2.30. The summed E-state index contributed by atoms with van der Waals surface area (Å²) in [6.07, 6.45) is 3.88. The molecule has 0 fully saturated rings. The molecule has 0 atom stereocenters. The van der Waals surface area contributed by atoms with Crippen molar-refractivity contribution < 1.29 is 9.47 Å². The smallest absolute Gasteiger partial charge is 0.123 e. The monoisotopic (exact) mass is 181 g/mol. The summed E-state index contributed by atoms with van der Waals surface area (Å²) in [6, 6.07) is 0. The van der Waals surface area contributed by atoms with Crippen molar-refractivity contribution in [2.75, 3.05) is 27.3 Å². The number of rotatable bonds is 1. The van der Waals surface area contributed by atoms with E-state index in [1.165, 1.54) is 5.70 Å². The van der Waals surface area contributed by atoms with Crippen LogP contribution in [0.5, 0.6) is 0 Å². The number of hydrogen-bond acceptors (Lipinski definition) is 3. The second-order valence-corrected chi connectivity index (χ2v) is 3.40. The number of ether oxygens (including phenoxy) is 2. The Hall–Kier alpha value is -1.12. The lowest BCUT2D eigenvalue weighted by Gasteiger charge is -2.32. The Labute approximate surface area is 78.6 Å². The van der Waals surface area contributed by atoms with Crippen molar-refractivity contribution in [2.24, 2.45) is 0 Å². The fraction of sp³-hybridized carbons (Fsp3) is 0.600. The van der Waals surface area contributed by atoms with E-state index < -0.39 is 0 Å². The normalized spacial score (nSPS) is 22.0. The molecule has 0 bridgehead atoms. The van der Waals surface area contributed by atoms with Gasteiger partial charge in [0.15, 0.2) is 0 Å². The summed E-state index contributed by atoms with van der Waals surface area (Å²) in [6.45, 7) is 1.79. The third kappa shape index (κ3) is 1.50. The molecule has 2 aliphatic rings. The first kappa shape index (κ1) is 8.48. The molecule has 0 saturated heterocycles. The van der Waals surface area contributed by atoms with Crippen molar-refractivity contribution in [3.8, 4) is 0 Å². The van der Waals surface area contributed by atoms with Crippen LogP contribution in [-0.4, -0.2) is 32.2 Å². The molecule has 0 aromatic carbocycles. The third-order valence-corrected chi connectivity index (χ3v) is 2.61. The van der Waals surface area contributed by atoms with Crippen LogP contribution in [0.4, 0.5) is 0 Å². The molecule has 13 heavy (non-hydrogen) atoms. The van der Waals surface area contributed by atoms with Gasteiger partial charge in [-0.15, -0.1) is 0 Å². The topological polar surface area (TPSA) is 21.7 Å². The van der Waals surface area contributed by atoms with Crippen LogP contribution >= 0.6 is 0 Å². The predicted molar refractivity (Wildman–Crippen MR) is 49.9 cm³/mol. The van der Waals surface area contributed by atoms with Crippen LogP contribution in [-0.2, 0) is 9.47 Å². The average molecular weight is 181 g/mol. The number of likely N-dealkylation sites (N-methyl/N-ethyl adjacent to an activating group) is 1. The Bertz CT molecular complexity index is 268. The highest BCUT2D eigenvalue weighted by molar-refractivity contribution is 5.23. The van der Waals surface area contributed by atoms with Crippen LogP contribution in [0.3, 0.4) is 0 Å². The van der Waals surface area contributed by atoms with Gasteiger partial charge >= 0.3 is 0 Å². The molecular formula is C10H15NO2. The third-order valence-electron chi connectivity index (χ3n) is 2.61. The van der Waals surface area contributed by atoms with E-state index in [-0.39, 0.29) is 0 Å². The van der Waals surface area contributed by atoms with E-state index >= 15 is 0 Å². The van der Waals surface area contributed by atoms with Crippen molar-refractivity contribution >= 4 is 0 Å². The molecule has 0 N–H and O–H groups in total. The molecule has 0 radical (unpaired) electrons. The maximum atomic E-state index is 5.60. The summed E-state index contributed by atoms with van der Waals surface area (Å²) in [7, 11) is 3.83. The minimum atomic E-state index is 0.798. The summed E-state index contributed by atoms with van der Waals surface area (Å²) in [5.74, 6) is 2.11. The molecule has 2 rings (SSSR count). The zero-order chi connectivity index (χ0) is 9.26. The second kappa shape index (κ2) is 3.32. The standard InChI is InChI=1S/C10H15NO2/c1-11-5-6-13-10-7-8(12-2)3-4-9(10)11/h3H,4-7H2,1-2H3. The summed E-state index contributed by atoms with van der Waals surface area (Å²) in [4.78, 5) is 2.27. The summed E-state index contributed by atoms with van der Waals surface area (Å²) in [5.41, 5.74) is 1.31. The van der Waals surface area contributed by atoms with Gasteiger partial charge in [-0.05, 0) is 6.08 Å². The molecule has 0 aromatic rings. The molecule has 3 heteroatoms. The molecule has 72 valence electrons. The number of allylic oxidation sites excluding steroid dienone is 1. The van der Waals surface area contributed by atoms with E-state index in [1.54, 1.807) is 7.11 Å². The maximum Gasteiger partial charge on any atom is 0.123 e. The van der Waals surface area contributed by atoms with Crippen molar-refractivity contribution in [3.63, 3.8) is 0 Å². The van der Waals surface area contributed by atoms with E-state index in [2.05, 4.69) is 18.0 Å². The zero-order valence-electron chi connectivity index (χ0n) is 8.17. The minimum Gasteiger partial charge on any atom is -0.501 e. The molecule has 3 nitrogen and oxygen atoms in total. The van der Waals surface area contributed by atoms with Gasteiger partial charge < -0.3 is 14.4 Å². The van der Waals surface area contributed by atoms with Crippen LogP contribution < -0.4 is 0 Å². The van der Waals surface area contributed by atoms with Gasteiger partial charge in [-0.2, -0.15) is 0 Å². The number of methoxy groups -OCH3 is 1. The fourth-order valence-electron chi connectivity index (χ4n) is 1.76. The van der Waals surface area contributed by atoms with Crippen LogP contribution in [0, 0.1) is 0 Å². The van der Waals surface area contributed by atoms with E-state index in [4.69, 9.17) is 9.47 Å². The van der Waals surface area contributed by atoms with Crippen molar-refractivity contribution in [1.29, 1.82) is 0 Å². The van der Waals surface area contributed by atoms with Crippen molar-refractivity contribution in [2.45, 2.75) is 12.8 Å². The molecular weight excluding hydrogens is 166 g/mol. The molecule has 0 amide bonds. The number of hydrogen-bond donors (Lipinski definition) is 0. The Kier molecular flexibility index (Phi) is 2.17. The van der Waals surface area contributed by atoms with E-state index in [0.717, 1.165) is 37.5 Å². The van der Waals surface area contributed by atoms with E-state index in [9.17, 15) is 0 Å². The molecule has 1 aliphatic heterocycles. The maximum absolute atomic E-state index is 5.60. The van der Waals surface area contributed by atoms with Crippen molar-refractivity contribution in [3.05, 3.63) is 23.3 Å². The van der Waals surface area contributed by atoms with E-state index in [1.807, 2.05) is 0 Å². The van der Waals surface area contributed by atoms with Gasteiger partial charge in [-0.25, -0.2) is 0 Å². The molecule has 0 spiro atoms. The first-order valence-corrected chi connectivity index (χ1v) is 4.60. The average Bonchev–Trinajstić information content (AvgIpc) is 2.18. The van der Waals surface area contributed by atoms with Gasteiger partial charge in [0.05, 0.1) is 31.5 Å². The van der Waals surface area contributed by atoms with Gasteiger partial charge in [0.2, 0.25) is 0 Å². The summed E-state index contributed by atoms with van der Waals surface area (Å²) >= 11 is 0. The van der Waals surface area contributed by atoms with Crippen LogP contribution in [0.1, 0.15) is 12.8 Å². The van der Waals surface area contributed by atoms with Crippen LogP contribution in [0.25, 0.3) is 0 Å². The SMILES string of the molecule is COC1=CCC2=C(C1)OCCN2C. The quantitative estimate of drug-likeness (QED) is 0.611. The molecule has 1 heterocycles. The van der Waals surface area contributed by atoms with E-state index in [0.29, 0.717) is 0 Å². The highest BCUT2D eigenvalue weighted by atomic mass is 16.5. The minimum absolute atomic E-state index is 0.798. The zero-order valence-corrected chi connectivity index (χ0v) is 8.17. The largest absolute Gasteiger partial charge is 0.501 e. The second-order valence-electron chi connectivity index (χ2n) is 3.40.